The molecule has 2 aromatic carbocycles. The second-order valence-electron chi connectivity index (χ2n) is 7.55. The van der Waals surface area contributed by atoms with Gasteiger partial charge in [0.25, 0.3) is 5.56 Å². The van der Waals surface area contributed by atoms with Crippen molar-refractivity contribution in [3.05, 3.63) is 88.5 Å². The lowest BCUT2D eigenvalue weighted by Gasteiger charge is -2.08. The summed E-state index contributed by atoms with van der Waals surface area (Å²) in [5.74, 6) is 0. The molecule has 10 nitrogen and oxygen atoms in total. The summed E-state index contributed by atoms with van der Waals surface area (Å²) in [6, 6.07) is 18.8. The van der Waals surface area contributed by atoms with Crippen molar-refractivity contribution in [3.8, 4) is 23.1 Å². The van der Waals surface area contributed by atoms with Crippen molar-refractivity contribution in [1.82, 2.24) is 40.0 Å². The molecular weight excluding hydrogens is 418 g/mol. The van der Waals surface area contributed by atoms with Crippen LogP contribution in [-0.4, -0.2) is 40.0 Å². The van der Waals surface area contributed by atoms with Crippen LogP contribution in [0.1, 0.15) is 11.1 Å². The fraction of sp³-hybridized carbons (Fsp3) is 0.0435. The highest BCUT2D eigenvalue weighted by Crippen LogP contribution is 2.24. The van der Waals surface area contributed by atoms with Crippen LogP contribution >= 0.6 is 0 Å². The van der Waals surface area contributed by atoms with Crippen molar-refractivity contribution in [1.29, 1.82) is 5.26 Å². The molecule has 0 spiro atoms. The number of rotatable bonds is 4. The quantitative estimate of drug-likeness (QED) is 0.439. The molecule has 33 heavy (non-hydrogen) atoms. The smallest absolute Gasteiger partial charge is 0.271 e. The zero-order chi connectivity index (χ0) is 22.4. The first-order chi connectivity index (χ1) is 16.2. The number of pyridine rings is 1. The van der Waals surface area contributed by atoms with E-state index in [0.717, 1.165) is 28.2 Å². The Morgan fingerprint density at radius 3 is 2.76 bits per heavy atom. The molecule has 2 N–H and O–H groups in total. The maximum atomic E-state index is 11.8. The molecule has 6 rings (SSSR count). The molecule has 0 fully saturated rings. The van der Waals surface area contributed by atoms with Gasteiger partial charge in [-0.05, 0) is 48.0 Å². The fourth-order valence-corrected chi connectivity index (χ4v) is 3.85. The molecule has 0 aliphatic heterocycles. The van der Waals surface area contributed by atoms with Crippen LogP contribution in [0, 0.1) is 11.3 Å². The third-order valence-corrected chi connectivity index (χ3v) is 5.53. The highest BCUT2D eigenvalue weighted by Gasteiger charge is 2.14. The fourth-order valence-electron chi connectivity index (χ4n) is 3.85. The number of hydrogen-bond acceptors (Lipinski definition) is 6. The van der Waals surface area contributed by atoms with Crippen LogP contribution < -0.4 is 5.56 Å². The molecule has 0 amide bonds. The standard InChI is InChI=1S/C23H15N9O/c24-11-14-1-3-15(4-2-14)13-31-21(7-8-26-31)19-10-22-20(12-25-19)28-30-32(22)16-5-6-17-18(9-16)27-29-23(17)33/h1-10,12H,13H2,(H2,27,29,33). The molecule has 4 aromatic heterocycles. The average Bonchev–Trinajstić information content (AvgIpc) is 3.58. The van der Waals surface area contributed by atoms with Gasteiger partial charge in [0.2, 0.25) is 0 Å². The number of aromatic nitrogens is 8. The summed E-state index contributed by atoms with van der Waals surface area (Å²) in [5.41, 5.74) is 5.95. The van der Waals surface area contributed by atoms with Crippen molar-refractivity contribution in [2.24, 2.45) is 0 Å². The molecule has 0 atom stereocenters. The van der Waals surface area contributed by atoms with Crippen LogP contribution in [-0.2, 0) is 6.54 Å². The number of nitrogens with zero attached hydrogens (tertiary/aromatic N) is 7. The van der Waals surface area contributed by atoms with Gasteiger partial charge in [0.05, 0.1) is 57.9 Å². The number of hydrogen-bond donors (Lipinski definition) is 2. The highest BCUT2D eigenvalue weighted by molar-refractivity contribution is 5.83. The van der Waals surface area contributed by atoms with Crippen LogP contribution in [0.2, 0.25) is 0 Å². The molecule has 6 aromatic rings. The average molecular weight is 433 g/mol. The van der Waals surface area contributed by atoms with Crippen molar-refractivity contribution >= 4 is 21.9 Å². The lowest BCUT2D eigenvalue weighted by molar-refractivity contribution is 0.693. The van der Waals surface area contributed by atoms with Crippen LogP contribution in [0.5, 0.6) is 0 Å². The lowest BCUT2D eigenvalue weighted by atomic mass is 10.1. The third kappa shape index (κ3) is 3.16. The first kappa shape index (κ1) is 18.7. The van der Waals surface area contributed by atoms with Crippen LogP contribution in [0.25, 0.3) is 39.0 Å². The summed E-state index contributed by atoms with van der Waals surface area (Å²) in [4.78, 5) is 16.4. The number of nitriles is 1. The van der Waals surface area contributed by atoms with Gasteiger partial charge in [0.1, 0.15) is 5.52 Å². The zero-order valence-corrected chi connectivity index (χ0v) is 17.1. The van der Waals surface area contributed by atoms with Crippen molar-refractivity contribution in [3.63, 3.8) is 0 Å². The number of nitrogens with one attached hydrogen (secondary N) is 2. The summed E-state index contributed by atoms with van der Waals surface area (Å²) in [7, 11) is 0. The van der Waals surface area contributed by atoms with Gasteiger partial charge >= 0.3 is 0 Å². The minimum absolute atomic E-state index is 0.165. The molecule has 0 aliphatic rings. The number of aromatic amines is 2. The van der Waals surface area contributed by atoms with E-state index in [1.54, 1.807) is 35.3 Å². The Hall–Kier alpha value is -5.04. The van der Waals surface area contributed by atoms with E-state index < -0.39 is 0 Å². The predicted molar refractivity (Wildman–Crippen MR) is 121 cm³/mol. The lowest BCUT2D eigenvalue weighted by Crippen LogP contribution is -2.04. The Balaban J connectivity index is 1.40. The Bertz CT molecular complexity index is 1730. The number of H-pyrrole nitrogens is 2. The summed E-state index contributed by atoms with van der Waals surface area (Å²) < 4.78 is 3.58. The topological polar surface area (TPSA) is 134 Å². The van der Waals surface area contributed by atoms with Gasteiger partial charge in [0.15, 0.2) is 0 Å². The first-order valence-electron chi connectivity index (χ1n) is 10.1. The minimum atomic E-state index is -0.165. The molecule has 0 bridgehead atoms. The van der Waals surface area contributed by atoms with Crippen molar-refractivity contribution in [2.75, 3.05) is 0 Å². The maximum absolute atomic E-state index is 11.8. The molecule has 10 heteroatoms. The van der Waals surface area contributed by atoms with Crippen molar-refractivity contribution < 1.29 is 0 Å². The molecule has 0 saturated heterocycles. The zero-order valence-electron chi connectivity index (χ0n) is 17.1. The highest BCUT2D eigenvalue weighted by atomic mass is 16.1. The summed E-state index contributed by atoms with van der Waals surface area (Å²) in [5, 5.41) is 28.0. The van der Waals surface area contributed by atoms with Gasteiger partial charge in [-0.25, -0.2) is 4.68 Å². The normalized spacial score (nSPS) is 11.2. The van der Waals surface area contributed by atoms with E-state index in [0.29, 0.717) is 28.5 Å². The largest absolute Gasteiger partial charge is 0.297 e. The van der Waals surface area contributed by atoms with Gasteiger partial charge in [-0.15, -0.1) is 5.10 Å². The SMILES string of the molecule is N#Cc1ccc(Cn2nccc2-c2cc3c(cn2)nnn3-c2ccc3c(=O)[nH][nH]c3c2)cc1. The van der Waals surface area contributed by atoms with E-state index in [1.807, 2.05) is 41.1 Å². The van der Waals surface area contributed by atoms with Crippen LogP contribution in [0.3, 0.4) is 0 Å². The molecule has 4 heterocycles. The minimum Gasteiger partial charge on any atom is -0.297 e. The van der Waals surface area contributed by atoms with E-state index >= 15 is 0 Å². The Labute approximate surface area is 185 Å². The van der Waals surface area contributed by atoms with Crippen LogP contribution in [0.4, 0.5) is 0 Å². The van der Waals surface area contributed by atoms with Gasteiger partial charge in [-0.3, -0.25) is 24.7 Å². The Morgan fingerprint density at radius 1 is 1.03 bits per heavy atom. The monoisotopic (exact) mass is 433 g/mol. The molecule has 0 aliphatic carbocycles. The van der Waals surface area contributed by atoms with Gasteiger partial charge in [0, 0.05) is 6.20 Å². The summed E-state index contributed by atoms with van der Waals surface area (Å²) in [6.45, 7) is 0.544. The molecular formula is C23H15N9O. The Kier molecular flexibility index (Phi) is 4.13. The number of benzene rings is 2. The van der Waals surface area contributed by atoms with Gasteiger partial charge in [-0.2, -0.15) is 10.4 Å². The maximum Gasteiger partial charge on any atom is 0.271 e. The predicted octanol–water partition coefficient (Wildman–Crippen LogP) is 2.77. The van der Waals surface area contributed by atoms with Gasteiger partial charge < -0.3 is 0 Å². The Morgan fingerprint density at radius 2 is 1.91 bits per heavy atom. The molecule has 0 saturated carbocycles. The molecule has 0 radical (unpaired) electrons. The van der Waals surface area contributed by atoms with Gasteiger partial charge in [-0.1, -0.05) is 17.3 Å². The summed E-state index contributed by atoms with van der Waals surface area (Å²) >= 11 is 0. The first-order valence-corrected chi connectivity index (χ1v) is 10.1. The second-order valence-corrected chi connectivity index (χ2v) is 7.55. The number of fused-ring (bicyclic) bond motifs is 2. The van der Waals surface area contributed by atoms with E-state index in [4.69, 9.17) is 5.26 Å². The van der Waals surface area contributed by atoms with Crippen LogP contribution in [0.15, 0.2) is 71.8 Å². The summed E-state index contributed by atoms with van der Waals surface area (Å²) in [6.07, 6.45) is 3.42. The molecule has 158 valence electrons. The van der Waals surface area contributed by atoms with E-state index in [-0.39, 0.29) is 5.56 Å². The van der Waals surface area contributed by atoms with Crippen molar-refractivity contribution in [2.45, 2.75) is 6.54 Å². The molecule has 0 unspecified atom stereocenters. The van der Waals surface area contributed by atoms with E-state index in [9.17, 15) is 4.79 Å². The van der Waals surface area contributed by atoms with E-state index in [2.05, 4.69) is 36.7 Å². The third-order valence-electron chi connectivity index (χ3n) is 5.53. The van der Waals surface area contributed by atoms with E-state index in [1.165, 1.54) is 0 Å². The second kappa shape index (κ2) is 7.28.